The second-order valence-corrected chi connectivity index (χ2v) is 14.4. The fourth-order valence-corrected chi connectivity index (χ4v) is 8.45. The van der Waals surface area contributed by atoms with E-state index in [9.17, 15) is 0 Å². The Kier molecular flexibility index (Phi) is 6.83. The van der Waals surface area contributed by atoms with Gasteiger partial charge in [-0.3, -0.25) is 0 Å². The number of rotatable bonds is 5. The molecule has 0 bridgehead atoms. The lowest BCUT2D eigenvalue weighted by molar-refractivity contribution is 0.669. The summed E-state index contributed by atoms with van der Waals surface area (Å²) in [5.74, 6) is 1.70. The van der Waals surface area contributed by atoms with Crippen LogP contribution in [0.4, 0.5) is 0 Å². The van der Waals surface area contributed by atoms with Crippen LogP contribution >= 0.6 is 0 Å². The van der Waals surface area contributed by atoms with Crippen molar-refractivity contribution in [3.05, 3.63) is 182 Å². The number of nitrogens with zero attached hydrogens (tertiary/aromatic N) is 4. The smallest absolute Gasteiger partial charge is 0.164 e. The minimum atomic E-state index is 0.552. The molecule has 0 saturated carbocycles. The van der Waals surface area contributed by atoms with Gasteiger partial charge in [0, 0.05) is 54.7 Å². The first-order valence-electron chi connectivity index (χ1n) is 19.0. The highest BCUT2D eigenvalue weighted by Gasteiger charge is 2.21. The molecule has 266 valence electrons. The lowest BCUT2D eigenvalue weighted by atomic mass is 10.0. The summed E-state index contributed by atoms with van der Waals surface area (Å²) in [6.07, 6.45) is 0. The van der Waals surface area contributed by atoms with E-state index in [1.165, 1.54) is 5.39 Å². The van der Waals surface area contributed by atoms with E-state index in [4.69, 9.17) is 23.8 Å². The molecule has 8 aromatic carbocycles. The van der Waals surface area contributed by atoms with E-state index in [0.717, 1.165) is 93.8 Å². The lowest BCUT2D eigenvalue weighted by Gasteiger charge is -2.10. The Labute approximate surface area is 325 Å². The highest BCUT2D eigenvalue weighted by molar-refractivity contribution is 6.21. The molecule has 12 aromatic rings. The van der Waals surface area contributed by atoms with Gasteiger partial charge in [0.15, 0.2) is 23.1 Å². The average Bonchev–Trinajstić information content (AvgIpc) is 3.96. The van der Waals surface area contributed by atoms with E-state index in [0.29, 0.717) is 17.5 Å². The molecule has 0 atom stereocenters. The van der Waals surface area contributed by atoms with Gasteiger partial charge in [0.05, 0.1) is 11.0 Å². The lowest BCUT2D eigenvalue weighted by Crippen LogP contribution is -2.00. The zero-order valence-electron chi connectivity index (χ0n) is 30.4. The monoisotopic (exact) mass is 730 g/mol. The Morgan fingerprint density at radius 2 is 1.00 bits per heavy atom. The van der Waals surface area contributed by atoms with Gasteiger partial charge in [0.2, 0.25) is 0 Å². The molecule has 6 heteroatoms. The van der Waals surface area contributed by atoms with E-state index in [1.807, 2.05) is 42.5 Å². The van der Waals surface area contributed by atoms with Crippen molar-refractivity contribution in [1.82, 2.24) is 19.5 Å². The summed E-state index contributed by atoms with van der Waals surface area (Å²) in [6.45, 7) is 0. The normalized spacial score (nSPS) is 11.9. The first-order chi connectivity index (χ1) is 28.2. The molecule has 0 aliphatic rings. The van der Waals surface area contributed by atoms with Crippen LogP contribution in [0.25, 0.3) is 117 Å². The van der Waals surface area contributed by atoms with Crippen molar-refractivity contribution in [1.29, 1.82) is 0 Å². The van der Waals surface area contributed by atoms with Crippen molar-refractivity contribution in [3.8, 4) is 51.0 Å². The molecule has 0 saturated heterocycles. The predicted octanol–water partition coefficient (Wildman–Crippen LogP) is 13.4. The van der Waals surface area contributed by atoms with E-state index < -0.39 is 0 Å². The Balaban J connectivity index is 1.09. The van der Waals surface area contributed by atoms with Crippen molar-refractivity contribution in [2.75, 3.05) is 0 Å². The zero-order valence-corrected chi connectivity index (χ0v) is 30.4. The van der Waals surface area contributed by atoms with Crippen LogP contribution < -0.4 is 0 Å². The van der Waals surface area contributed by atoms with Gasteiger partial charge in [-0.25, -0.2) is 15.0 Å². The molecule has 4 heterocycles. The number of para-hydroxylation sites is 3. The third-order valence-corrected chi connectivity index (χ3v) is 11.1. The summed E-state index contributed by atoms with van der Waals surface area (Å²) in [5.41, 5.74) is 11.3. The third kappa shape index (κ3) is 4.94. The first-order valence-corrected chi connectivity index (χ1v) is 19.0. The van der Waals surface area contributed by atoms with Gasteiger partial charge in [-0.2, -0.15) is 0 Å². The fraction of sp³-hybridized carbons (Fsp3) is 0. The van der Waals surface area contributed by atoms with Gasteiger partial charge in [0.25, 0.3) is 0 Å². The van der Waals surface area contributed by atoms with Crippen LogP contribution in [0.3, 0.4) is 0 Å². The molecular formula is C51H30N4O2. The number of hydrogen-bond donors (Lipinski definition) is 0. The van der Waals surface area contributed by atoms with Crippen LogP contribution in [0.1, 0.15) is 0 Å². The molecule has 4 aromatic heterocycles. The standard InChI is InChI=1S/C51H30N4O2/c1-3-13-31(14-4-1)32-15-11-16-33(29-32)49-52-50(54-51(53-49)41-21-12-24-44-46(41)40-20-8-10-23-43(40)56-44)34-25-26-37-39-28-27-38-36-19-7-9-22-42(36)55(35-17-5-2-6-18-35)47(38)48(39)57-45(37)30-34/h1-30H. The fourth-order valence-electron chi connectivity index (χ4n) is 8.45. The Morgan fingerprint density at radius 1 is 0.368 bits per heavy atom. The first kappa shape index (κ1) is 31.5. The van der Waals surface area contributed by atoms with Crippen LogP contribution in [-0.4, -0.2) is 19.5 Å². The maximum absolute atomic E-state index is 6.91. The van der Waals surface area contributed by atoms with Crippen molar-refractivity contribution in [2.45, 2.75) is 0 Å². The van der Waals surface area contributed by atoms with Crippen LogP contribution in [0, 0.1) is 0 Å². The summed E-state index contributed by atoms with van der Waals surface area (Å²) in [4.78, 5) is 15.5. The molecule has 6 nitrogen and oxygen atoms in total. The highest BCUT2D eigenvalue weighted by Crippen LogP contribution is 2.42. The Bertz CT molecular complexity index is 3530. The average molecular weight is 731 g/mol. The van der Waals surface area contributed by atoms with Gasteiger partial charge >= 0.3 is 0 Å². The number of furan rings is 2. The summed E-state index contributed by atoms with van der Waals surface area (Å²) in [5, 5.41) is 6.39. The number of benzene rings is 8. The van der Waals surface area contributed by atoms with Crippen LogP contribution in [0.15, 0.2) is 191 Å². The molecule has 0 unspecified atom stereocenters. The predicted molar refractivity (Wildman–Crippen MR) is 230 cm³/mol. The molecule has 0 N–H and O–H groups in total. The van der Waals surface area contributed by atoms with Crippen molar-refractivity contribution in [3.63, 3.8) is 0 Å². The molecule has 0 spiro atoms. The SMILES string of the molecule is c1ccc(-c2cccc(-c3nc(-c4ccc5c(c4)oc4c5ccc5c6ccccc6n(-c6ccccc6)c54)nc(-c4cccc5oc6ccccc6c45)n3)c2)cc1. The second kappa shape index (κ2) is 12.3. The van der Waals surface area contributed by atoms with Crippen molar-refractivity contribution in [2.24, 2.45) is 0 Å². The van der Waals surface area contributed by atoms with Gasteiger partial charge in [-0.05, 0) is 65.7 Å². The maximum atomic E-state index is 6.91. The summed E-state index contributed by atoms with van der Waals surface area (Å²) in [7, 11) is 0. The summed E-state index contributed by atoms with van der Waals surface area (Å²) in [6, 6.07) is 62.6. The molecule has 0 radical (unpaired) electrons. The molecular weight excluding hydrogens is 701 g/mol. The minimum Gasteiger partial charge on any atom is -0.456 e. The molecule has 0 aliphatic carbocycles. The van der Waals surface area contributed by atoms with E-state index in [1.54, 1.807) is 0 Å². The van der Waals surface area contributed by atoms with Crippen molar-refractivity contribution < 1.29 is 8.83 Å². The topological polar surface area (TPSA) is 69.9 Å². The second-order valence-electron chi connectivity index (χ2n) is 14.4. The zero-order chi connectivity index (χ0) is 37.5. The van der Waals surface area contributed by atoms with E-state index >= 15 is 0 Å². The summed E-state index contributed by atoms with van der Waals surface area (Å²) >= 11 is 0. The molecule has 0 fully saturated rings. The molecule has 57 heavy (non-hydrogen) atoms. The van der Waals surface area contributed by atoms with Crippen LogP contribution in [0.5, 0.6) is 0 Å². The Hall–Kier alpha value is -7.83. The molecule has 0 aliphatic heterocycles. The molecule has 12 rings (SSSR count). The quantitative estimate of drug-likeness (QED) is 0.176. The number of fused-ring (bicyclic) bond motifs is 10. The van der Waals surface area contributed by atoms with Gasteiger partial charge in [-0.15, -0.1) is 0 Å². The van der Waals surface area contributed by atoms with Gasteiger partial charge in [0.1, 0.15) is 16.7 Å². The van der Waals surface area contributed by atoms with E-state index in [-0.39, 0.29) is 0 Å². The van der Waals surface area contributed by atoms with Crippen LogP contribution in [0.2, 0.25) is 0 Å². The third-order valence-electron chi connectivity index (χ3n) is 11.1. The Morgan fingerprint density at radius 3 is 1.86 bits per heavy atom. The van der Waals surface area contributed by atoms with Gasteiger partial charge < -0.3 is 13.4 Å². The highest BCUT2D eigenvalue weighted by atomic mass is 16.3. The number of aromatic nitrogens is 4. The van der Waals surface area contributed by atoms with Crippen LogP contribution in [-0.2, 0) is 0 Å². The summed E-state index contributed by atoms with van der Waals surface area (Å²) < 4.78 is 15.5. The molecule has 0 amide bonds. The minimum absolute atomic E-state index is 0.552. The van der Waals surface area contributed by atoms with Crippen molar-refractivity contribution >= 4 is 65.7 Å². The van der Waals surface area contributed by atoms with Gasteiger partial charge in [-0.1, -0.05) is 127 Å². The van der Waals surface area contributed by atoms with E-state index in [2.05, 4.69) is 144 Å². The largest absolute Gasteiger partial charge is 0.456 e. The maximum Gasteiger partial charge on any atom is 0.164 e. The number of hydrogen-bond acceptors (Lipinski definition) is 5.